The Morgan fingerprint density at radius 3 is 2.62 bits per heavy atom. The van der Waals surface area contributed by atoms with Gasteiger partial charge in [-0.3, -0.25) is 4.79 Å². The summed E-state index contributed by atoms with van der Waals surface area (Å²) in [5.74, 6) is -0.0590. The molecule has 1 aliphatic rings. The minimum absolute atomic E-state index is 0.0156. The molecule has 122 valence electrons. The first-order valence-electron chi connectivity index (χ1n) is 8.11. The molecular formula is C20H20N2O2. The summed E-state index contributed by atoms with van der Waals surface area (Å²) in [5.41, 5.74) is 2.11. The molecule has 0 aromatic heterocycles. The highest BCUT2D eigenvalue weighted by molar-refractivity contribution is 5.95. The molecule has 3 rings (SSSR count). The number of hydrogen-bond donors (Lipinski definition) is 0. The largest absolute Gasteiger partial charge is 0.369 e. The molecule has 1 saturated heterocycles. The number of nitriles is 1. The minimum atomic E-state index is -0.148. The van der Waals surface area contributed by atoms with E-state index in [2.05, 4.69) is 6.07 Å². The lowest BCUT2D eigenvalue weighted by Crippen LogP contribution is -2.53. The molecule has 4 heteroatoms. The number of carbonyl (C=O) groups is 1. The number of benzene rings is 2. The van der Waals surface area contributed by atoms with Crippen molar-refractivity contribution in [2.24, 2.45) is 0 Å². The Labute approximate surface area is 142 Å². The zero-order valence-electron chi connectivity index (χ0n) is 13.8. The number of rotatable bonds is 2. The van der Waals surface area contributed by atoms with Crippen molar-refractivity contribution < 1.29 is 9.53 Å². The van der Waals surface area contributed by atoms with E-state index in [-0.39, 0.29) is 24.1 Å². The van der Waals surface area contributed by atoms with Gasteiger partial charge in [0.2, 0.25) is 0 Å². The van der Waals surface area contributed by atoms with Crippen LogP contribution in [0.15, 0.2) is 54.6 Å². The summed E-state index contributed by atoms with van der Waals surface area (Å²) >= 11 is 0. The molecule has 2 aromatic carbocycles. The van der Waals surface area contributed by atoms with E-state index in [9.17, 15) is 4.79 Å². The SMILES string of the molecule is CC1COC(c2ccccc2)C(C)N1C(=O)c1cccc(C#N)c1. The van der Waals surface area contributed by atoms with E-state index in [1.54, 1.807) is 24.3 Å². The molecule has 0 N–H and O–H groups in total. The van der Waals surface area contributed by atoms with Crippen LogP contribution in [-0.4, -0.2) is 29.5 Å². The maximum absolute atomic E-state index is 13.0. The van der Waals surface area contributed by atoms with Crippen molar-refractivity contribution in [3.63, 3.8) is 0 Å². The second-order valence-corrected chi connectivity index (χ2v) is 6.16. The summed E-state index contributed by atoms with van der Waals surface area (Å²) in [4.78, 5) is 14.9. The highest BCUT2D eigenvalue weighted by Gasteiger charge is 2.37. The molecule has 3 atom stereocenters. The zero-order chi connectivity index (χ0) is 17.1. The van der Waals surface area contributed by atoms with E-state index >= 15 is 0 Å². The molecule has 1 aliphatic heterocycles. The Hall–Kier alpha value is -2.64. The van der Waals surface area contributed by atoms with E-state index in [1.807, 2.05) is 49.1 Å². The third-order valence-electron chi connectivity index (χ3n) is 4.47. The van der Waals surface area contributed by atoms with Gasteiger partial charge in [-0.2, -0.15) is 5.26 Å². The number of morpholine rings is 1. The lowest BCUT2D eigenvalue weighted by Gasteiger charge is -2.44. The van der Waals surface area contributed by atoms with Crippen LogP contribution in [0.1, 0.15) is 41.4 Å². The van der Waals surface area contributed by atoms with Crippen molar-refractivity contribution in [1.29, 1.82) is 5.26 Å². The average molecular weight is 320 g/mol. The van der Waals surface area contributed by atoms with Gasteiger partial charge in [0.25, 0.3) is 5.91 Å². The number of nitrogens with zero attached hydrogens (tertiary/aromatic N) is 2. The second kappa shape index (κ2) is 6.86. The number of ether oxygens (including phenoxy) is 1. The molecule has 0 aliphatic carbocycles. The summed E-state index contributed by atoms with van der Waals surface area (Å²) in [5, 5.41) is 9.05. The van der Waals surface area contributed by atoms with Gasteiger partial charge in [-0.05, 0) is 37.6 Å². The molecule has 1 amide bonds. The topological polar surface area (TPSA) is 53.3 Å². The van der Waals surface area contributed by atoms with Crippen molar-refractivity contribution in [3.05, 3.63) is 71.3 Å². The number of amides is 1. The predicted molar refractivity (Wildman–Crippen MR) is 91.4 cm³/mol. The van der Waals surface area contributed by atoms with E-state index in [1.165, 1.54) is 0 Å². The van der Waals surface area contributed by atoms with Crippen LogP contribution < -0.4 is 0 Å². The smallest absolute Gasteiger partial charge is 0.254 e. The minimum Gasteiger partial charge on any atom is -0.369 e. The fraction of sp³-hybridized carbons (Fsp3) is 0.300. The van der Waals surface area contributed by atoms with E-state index in [0.29, 0.717) is 17.7 Å². The van der Waals surface area contributed by atoms with Gasteiger partial charge in [0.1, 0.15) is 6.10 Å². The summed E-state index contributed by atoms with van der Waals surface area (Å²) in [6.07, 6.45) is -0.148. The summed E-state index contributed by atoms with van der Waals surface area (Å²) < 4.78 is 6.00. The Morgan fingerprint density at radius 2 is 1.92 bits per heavy atom. The molecule has 0 spiro atoms. The van der Waals surface area contributed by atoms with E-state index < -0.39 is 0 Å². The zero-order valence-corrected chi connectivity index (χ0v) is 13.8. The van der Waals surface area contributed by atoms with Crippen LogP contribution in [0, 0.1) is 11.3 Å². The molecule has 3 unspecified atom stereocenters. The summed E-state index contributed by atoms with van der Waals surface area (Å²) in [7, 11) is 0. The molecule has 24 heavy (non-hydrogen) atoms. The lowest BCUT2D eigenvalue weighted by atomic mass is 9.97. The molecule has 0 bridgehead atoms. The Kier molecular flexibility index (Phi) is 4.64. The van der Waals surface area contributed by atoms with Gasteiger partial charge in [0.05, 0.1) is 30.3 Å². The summed E-state index contributed by atoms with van der Waals surface area (Å²) in [6.45, 7) is 4.50. The Bertz CT molecular complexity index is 767. The van der Waals surface area contributed by atoms with Gasteiger partial charge < -0.3 is 9.64 Å². The maximum atomic E-state index is 13.0. The van der Waals surface area contributed by atoms with Crippen LogP contribution in [0.4, 0.5) is 0 Å². The molecule has 2 aromatic rings. The van der Waals surface area contributed by atoms with Gasteiger partial charge in [0, 0.05) is 5.56 Å². The average Bonchev–Trinajstić information content (AvgIpc) is 2.62. The van der Waals surface area contributed by atoms with Crippen molar-refractivity contribution in [2.45, 2.75) is 32.0 Å². The van der Waals surface area contributed by atoms with Gasteiger partial charge in [-0.15, -0.1) is 0 Å². The van der Waals surface area contributed by atoms with Crippen LogP contribution in [0.2, 0.25) is 0 Å². The molecule has 0 radical (unpaired) electrons. The van der Waals surface area contributed by atoms with Crippen molar-refractivity contribution in [1.82, 2.24) is 4.90 Å². The lowest BCUT2D eigenvalue weighted by molar-refractivity contribution is -0.0806. The third-order valence-corrected chi connectivity index (χ3v) is 4.47. The van der Waals surface area contributed by atoms with Crippen molar-refractivity contribution >= 4 is 5.91 Å². The maximum Gasteiger partial charge on any atom is 0.254 e. The third kappa shape index (κ3) is 3.04. The molecule has 1 fully saturated rings. The predicted octanol–water partition coefficient (Wildman–Crippen LogP) is 3.55. The van der Waals surface area contributed by atoms with Gasteiger partial charge >= 0.3 is 0 Å². The number of hydrogen-bond acceptors (Lipinski definition) is 3. The molecule has 4 nitrogen and oxygen atoms in total. The van der Waals surface area contributed by atoms with Gasteiger partial charge in [-0.25, -0.2) is 0 Å². The van der Waals surface area contributed by atoms with Crippen LogP contribution in [0.5, 0.6) is 0 Å². The fourth-order valence-electron chi connectivity index (χ4n) is 3.28. The summed E-state index contributed by atoms with van der Waals surface area (Å²) in [6, 6.07) is 18.8. The molecule has 0 saturated carbocycles. The highest BCUT2D eigenvalue weighted by atomic mass is 16.5. The van der Waals surface area contributed by atoms with Crippen molar-refractivity contribution in [3.8, 4) is 6.07 Å². The Morgan fingerprint density at radius 1 is 1.17 bits per heavy atom. The highest BCUT2D eigenvalue weighted by Crippen LogP contribution is 2.31. The quantitative estimate of drug-likeness (QED) is 0.850. The normalized spacial score (nSPS) is 23.5. The number of carbonyl (C=O) groups excluding carboxylic acids is 1. The monoisotopic (exact) mass is 320 g/mol. The van der Waals surface area contributed by atoms with Crippen LogP contribution in [0.25, 0.3) is 0 Å². The molecule has 1 heterocycles. The Balaban J connectivity index is 1.90. The molecular weight excluding hydrogens is 300 g/mol. The van der Waals surface area contributed by atoms with Crippen LogP contribution >= 0.6 is 0 Å². The second-order valence-electron chi connectivity index (χ2n) is 6.16. The van der Waals surface area contributed by atoms with Crippen LogP contribution in [-0.2, 0) is 4.74 Å². The standard InChI is InChI=1S/C20H20N2O2/c1-14-13-24-19(17-8-4-3-5-9-17)15(2)22(14)20(23)18-10-6-7-16(11-18)12-21/h3-11,14-15,19H,13H2,1-2H3. The van der Waals surface area contributed by atoms with Gasteiger partial charge in [0.15, 0.2) is 0 Å². The fourth-order valence-corrected chi connectivity index (χ4v) is 3.28. The first-order chi connectivity index (χ1) is 11.6. The van der Waals surface area contributed by atoms with E-state index in [4.69, 9.17) is 10.00 Å². The first kappa shape index (κ1) is 16.2. The van der Waals surface area contributed by atoms with Gasteiger partial charge in [-0.1, -0.05) is 36.4 Å². The van der Waals surface area contributed by atoms with Crippen LogP contribution in [0.3, 0.4) is 0 Å². The first-order valence-corrected chi connectivity index (χ1v) is 8.11. The van der Waals surface area contributed by atoms with E-state index in [0.717, 1.165) is 5.56 Å². The van der Waals surface area contributed by atoms with Crippen molar-refractivity contribution in [2.75, 3.05) is 6.61 Å².